The van der Waals surface area contributed by atoms with Gasteiger partial charge in [0.05, 0.1) is 12.5 Å². The summed E-state index contributed by atoms with van der Waals surface area (Å²) < 4.78 is 0. The summed E-state index contributed by atoms with van der Waals surface area (Å²) in [5.74, 6) is -6.49. The average molecular weight is 1020 g/mol. The maximum atomic E-state index is 14.3. The first-order valence-corrected chi connectivity index (χ1v) is 26.1. The predicted octanol–water partition coefficient (Wildman–Crippen LogP) is -1.72. The van der Waals surface area contributed by atoms with Crippen molar-refractivity contribution >= 4 is 53.2 Å². The highest BCUT2D eigenvalue weighted by Crippen LogP contribution is 2.14. The quantitative estimate of drug-likeness (QED) is 0.0453. The van der Waals surface area contributed by atoms with Gasteiger partial charge in [0, 0.05) is 6.54 Å². The molecule has 23 heteroatoms. The van der Waals surface area contributed by atoms with Gasteiger partial charge in [-0.2, -0.15) is 0 Å². The topological polar surface area (TPSA) is 386 Å². The smallest absolute Gasteiger partial charge is 0.243 e. The first kappa shape index (κ1) is 65.0. The molecular weight excluding hydrogens is 931 g/mol. The third-order valence-corrected chi connectivity index (χ3v) is 12.0. The van der Waals surface area contributed by atoms with E-state index in [-0.39, 0.29) is 108 Å². The third-order valence-electron chi connectivity index (χ3n) is 12.0. The van der Waals surface area contributed by atoms with E-state index in [1.807, 2.05) is 41.5 Å². The van der Waals surface area contributed by atoms with Gasteiger partial charge in [0.25, 0.3) is 0 Å². The first-order chi connectivity index (χ1) is 34.0. The molecule has 1 aliphatic heterocycles. The minimum atomic E-state index is -1.45. The molecule has 0 saturated carbocycles. The number of hydrogen-bond donors (Lipinski definition) is 14. The molecule has 0 aromatic rings. The third kappa shape index (κ3) is 26.1. The van der Waals surface area contributed by atoms with Crippen LogP contribution >= 0.6 is 0 Å². The van der Waals surface area contributed by atoms with E-state index in [9.17, 15) is 48.3 Å². The Bertz CT molecular complexity index is 1720. The Morgan fingerprint density at radius 1 is 0.514 bits per heavy atom. The van der Waals surface area contributed by atoms with E-state index in [4.69, 9.17) is 22.9 Å². The molecule has 18 N–H and O–H groups in total. The summed E-state index contributed by atoms with van der Waals surface area (Å²) in [4.78, 5) is 125. The van der Waals surface area contributed by atoms with Crippen LogP contribution in [0.2, 0.25) is 0 Å². The fraction of sp³-hybridized carbons (Fsp3) is 0.816. The lowest BCUT2D eigenvalue weighted by atomic mass is 9.99. The van der Waals surface area contributed by atoms with E-state index in [1.165, 1.54) is 0 Å². The lowest BCUT2D eigenvalue weighted by Gasteiger charge is -2.29. The van der Waals surface area contributed by atoms with Crippen LogP contribution in [0.5, 0.6) is 0 Å². The number of aliphatic hydroxyl groups excluding tert-OH is 1. The van der Waals surface area contributed by atoms with Crippen LogP contribution in [0.4, 0.5) is 0 Å². The van der Waals surface area contributed by atoms with Crippen molar-refractivity contribution in [1.29, 1.82) is 0 Å². The van der Waals surface area contributed by atoms with E-state index in [1.54, 1.807) is 0 Å². The van der Waals surface area contributed by atoms with Gasteiger partial charge in [-0.05, 0) is 108 Å². The van der Waals surface area contributed by atoms with E-state index < -0.39 is 108 Å². The molecule has 0 spiro atoms. The van der Waals surface area contributed by atoms with Gasteiger partial charge in [-0.15, -0.1) is 0 Å². The second-order valence-electron chi connectivity index (χ2n) is 20.7. The van der Waals surface area contributed by atoms with Crippen molar-refractivity contribution in [3.63, 3.8) is 0 Å². The second-order valence-corrected chi connectivity index (χ2v) is 20.7. The number of carbonyl (C=O) groups excluding carboxylic acids is 9. The van der Waals surface area contributed by atoms with E-state index in [2.05, 4.69) is 61.7 Å². The van der Waals surface area contributed by atoms with Crippen molar-refractivity contribution < 1.29 is 48.3 Å². The Hall–Kier alpha value is -4.97. The number of unbranched alkanes of at least 4 members (excludes halogenated alkanes) is 2. The van der Waals surface area contributed by atoms with Crippen LogP contribution in [-0.2, 0) is 43.2 Å². The summed E-state index contributed by atoms with van der Waals surface area (Å²) in [6, 6.07) is -10.1. The fourth-order valence-corrected chi connectivity index (χ4v) is 8.17. The number of rotatable bonds is 25. The maximum Gasteiger partial charge on any atom is 0.243 e. The first-order valence-electron chi connectivity index (χ1n) is 26.1. The van der Waals surface area contributed by atoms with Gasteiger partial charge in [0.2, 0.25) is 53.2 Å². The van der Waals surface area contributed by atoms with Gasteiger partial charge in [-0.25, -0.2) is 0 Å². The van der Waals surface area contributed by atoms with E-state index in [0.717, 1.165) is 25.7 Å². The molecule has 0 aromatic heterocycles. The van der Waals surface area contributed by atoms with Gasteiger partial charge in [0.1, 0.15) is 48.3 Å². The zero-order chi connectivity index (χ0) is 54.5. The van der Waals surface area contributed by atoms with Crippen molar-refractivity contribution in [2.24, 2.45) is 46.6 Å². The lowest BCUT2D eigenvalue weighted by molar-refractivity contribution is -0.136. The highest BCUT2D eigenvalue weighted by Gasteiger charge is 2.35. The minimum Gasteiger partial charge on any atom is -0.393 e. The monoisotopic (exact) mass is 1020 g/mol. The van der Waals surface area contributed by atoms with Crippen molar-refractivity contribution in [2.45, 2.75) is 200 Å². The largest absolute Gasteiger partial charge is 0.393 e. The van der Waals surface area contributed by atoms with Crippen molar-refractivity contribution in [3.8, 4) is 0 Å². The zero-order valence-corrected chi connectivity index (χ0v) is 44.4. The molecule has 9 atom stereocenters. The lowest BCUT2D eigenvalue weighted by Crippen LogP contribution is -2.60. The number of nitrogens with two attached hydrogens (primary N) is 4. The molecule has 9 amide bonds. The molecule has 1 heterocycles. The Balaban J connectivity index is 3.78. The van der Waals surface area contributed by atoms with Gasteiger partial charge < -0.3 is 75.9 Å². The summed E-state index contributed by atoms with van der Waals surface area (Å²) in [5, 5.41) is 34.7. The summed E-state index contributed by atoms with van der Waals surface area (Å²) in [5.41, 5.74) is 23.5. The maximum absolute atomic E-state index is 14.3. The van der Waals surface area contributed by atoms with Crippen molar-refractivity contribution in [1.82, 2.24) is 47.9 Å². The molecule has 0 radical (unpaired) electrons. The Kier molecular flexibility index (Phi) is 31.8. The molecule has 1 fully saturated rings. The Labute approximate surface area is 427 Å². The Morgan fingerprint density at radius 2 is 0.903 bits per heavy atom. The van der Waals surface area contributed by atoms with Crippen molar-refractivity contribution in [3.05, 3.63) is 0 Å². The highest BCUT2D eigenvalue weighted by atomic mass is 16.3. The van der Waals surface area contributed by atoms with Crippen LogP contribution in [0.3, 0.4) is 0 Å². The normalized spacial score (nSPS) is 23.6. The molecule has 1 saturated heterocycles. The number of amides is 9. The van der Waals surface area contributed by atoms with Gasteiger partial charge in [0.15, 0.2) is 0 Å². The van der Waals surface area contributed by atoms with Crippen LogP contribution < -0.4 is 70.8 Å². The molecule has 1 aliphatic rings. The van der Waals surface area contributed by atoms with E-state index >= 15 is 0 Å². The predicted molar refractivity (Wildman–Crippen MR) is 275 cm³/mol. The fourth-order valence-electron chi connectivity index (χ4n) is 8.17. The number of nitrogens with one attached hydrogen (secondary N) is 9. The second kappa shape index (κ2) is 35.2. The highest BCUT2D eigenvalue weighted by molar-refractivity contribution is 5.98. The molecule has 23 nitrogen and oxygen atoms in total. The zero-order valence-electron chi connectivity index (χ0n) is 44.4. The summed E-state index contributed by atoms with van der Waals surface area (Å²) in [7, 11) is 0. The number of hydrogen-bond acceptors (Lipinski definition) is 14. The van der Waals surface area contributed by atoms with Gasteiger partial charge >= 0.3 is 0 Å². The van der Waals surface area contributed by atoms with Gasteiger partial charge in [-0.1, -0.05) is 81.1 Å². The van der Waals surface area contributed by atoms with Crippen LogP contribution in [0, 0.1) is 23.7 Å². The van der Waals surface area contributed by atoms with Crippen molar-refractivity contribution in [2.75, 3.05) is 32.7 Å². The molecule has 0 aromatic carbocycles. The molecule has 0 unspecified atom stereocenters. The average Bonchev–Trinajstić information content (AvgIpc) is 3.28. The Morgan fingerprint density at radius 3 is 1.31 bits per heavy atom. The summed E-state index contributed by atoms with van der Waals surface area (Å²) >= 11 is 0. The summed E-state index contributed by atoms with van der Waals surface area (Å²) in [6.45, 7) is 14.8. The minimum absolute atomic E-state index is 0.0354. The molecular formula is C49H93N13O10. The van der Waals surface area contributed by atoms with Crippen LogP contribution in [0.1, 0.15) is 145 Å². The number of aliphatic hydroxyl groups is 1. The van der Waals surface area contributed by atoms with Crippen LogP contribution in [0.15, 0.2) is 0 Å². The number of carbonyl (C=O) groups is 9. The molecule has 414 valence electrons. The SMILES string of the molecule is CC(C)CCCCC[C@@H](O)CC(=O)N[C@H](CCN)C(=O)N[C@H]1CCNC(=O)[C@H](CC(C)C)NC(=O)[C@H](CCN)NC(=O)[C@H](CCN)NC(=O)[C@H](CC(C)C)NC(=O)[C@@H](CC(C)C)NC(=O)[C@H](CCN)NC1=O. The standard InChI is InChI=1S/C49H93N13O10/c1-28(2)12-10-9-11-13-32(63)27-41(64)55-33(14-19-50)43(66)59-37-18-23-54-42(65)38(24-29(3)4)60-45(68)35(16-21-52)56-44(67)34(15-20-51)58-48(71)39(25-30(5)6)62-49(72)40(26-31(7)8)61-46(69)36(17-22-53)57-47(37)70/h28-40,63H,9-27,50-53H2,1-8H3,(H,54,65)(H,55,64)(H,56,67)(H,57,70)(H,58,71)(H,59,66)(H,60,68)(H,61,69)(H,62,72)/t32-,33-,34+,35+,36+,37+,38+,39+,40-/m1/s1. The molecule has 0 aliphatic carbocycles. The molecule has 72 heavy (non-hydrogen) atoms. The molecule has 1 rings (SSSR count). The van der Waals surface area contributed by atoms with Gasteiger partial charge in [-0.3, -0.25) is 43.2 Å². The molecule has 0 bridgehead atoms. The summed E-state index contributed by atoms with van der Waals surface area (Å²) in [6.07, 6.45) is 2.76. The van der Waals surface area contributed by atoms with Crippen LogP contribution in [-0.4, -0.2) is 145 Å². The van der Waals surface area contributed by atoms with E-state index in [0.29, 0.717) is 12.3 Å². The van der Waals surface area contributed by atoms with Crippen LogP contribution in [0.25, 0.3) is 0 Å².